The lowest BCUT2D eigenvalue weighted by Crippen LogP contribution is -2.36. The second-order valence-corrected chi connectivity index (χ2v) is 4.00. The van der Waals surface area contributed by atoms with Crippen LogP contribution in [0.2, 0.25) is 0 Å². The summed E-state index contributed by atoms with van der Waals surface area (Å²) < 4.78 is 0. The van der Waals surface area contributed by atoms with Crippen molar-refractivity contribution in [1.82, 2.24) is 0 Å². The molecule has 0 heterocycles. The van der Waals surface area contributed by atoms with Gasteiger partial charge in [-0.05, 0) is 31.1 Å². The van der Waals surface area contributed by atoms with E-state index in [1.807, 2.05) is 0 Å². The highest BCUT2D eigenvalue weighted by Crippen LogP contribution is 2.45. The van der Waals surface area contributed by atoms with Crippen LogP contribution in [0.15, 0.2) is 0 Å². The summed E-state index contributed by atoms with van der Waals surface area (Å²) in [6, 6.07) is 0.409. The number of rotatable bonds is 0. The van der Waals surface area contributed by atoms with Crippen LogP contribution in [0.1, 0.15) is 19.3 Å². The first-order valence-electron chi connectivity index (χ1n) is 3.72. The molecule has 0 radical (unpaired) electrons. The maximum absolute atomic E-state index is 5.89. The molecule has 2 bridgehead atoms. The topological polar surface area (TPSA) is 26.0 Å². The maximum Gasteiger partial charge on any atom is 0.0199 e. The number of hydrogen-bond donors (Lipinski definition) is 2. The Morgan fingerprint density at radius 3 is 2.22 bits per heavy atom. The Morgan fingerprint density at radius 1 is 1.22 bits per heavy atom. The minimum atomic E-state index is 0.409. The zero-order chi connectivity index (χ0) is 6.43. The van der Waals surface area contributed by atoms with Gasteiger partial charge in [0, 0.05) is 11.3 Å². The highest BCUT2D eigenvalue weighted by Gasteiger charge is 2.43. The van der Waals surface area contributed by atoms with E-state index in [4.69, 9.17) is 5.73 Å². The highest BCUT2D eigenvalue weighted by molar-refractivity contribution is 7.81. The van der Waals surface area contributed by atoms with Crippen LogP contribution in [-0.2, 0) is 0 Å². The van der Waals surface area contributed by atoms with Crippen molar-refractivity contribution in [2.75, 3.05) is 0 Å². The van der Waals surface area contributed by atoms with Gasteiger partial charge in [0.15, 0.2) is 0 Å². The quantitative estimate of drug-likeness (QED) is 0.487. The first-order chi connectivity index (χ1) is 4.29. The third kappa shape index (κ3) is 0.729. The van der Waals surface area contributed by atoms with Crippen molar-refractivity contribution >= 4 is 12.6 Å². The number of thiol groups is 1. The third-order valence-electron chi connectivity index (χ3n) is 2.94. The van der Waals surface area contributed by atoms with Crippen LogP contribution >= 0.6 is 12.6 Å². The maximum atomic E-state index is 5.89. The van der Waals surface area contributed by atoms with Gasteiger partial charge in [0.1, 0.15) is 0 Å². The van der Waals surface area contributed by atoms with Gasteiger partial charge in [-0.15, -0.1) is 0 Å². The molecule has 52 valence electrons. The van der Waals surface area contributed by atoms with Crippen LogP contribution in [-0.4, -0.2) is 11.3 Å². The Kier molecular flexibility index (Phi) is 1.27. The molecule has 0 aliphatic heterocycles. The van der Waals surface area contributed by atoms with Crippen molar-refractivity contribution in [1.29, 1.82) is 0 Å². The Balaban J connectivity index is 2.15. The zero-order valence-electron chi connectivity index (χ0n) is 5.46. The van der Waals surface area contributed by atoms with Crippen LogP contribution in [0, 0.1) is 11.8 Å². The van der Waals surface area contributed by atoms with Gasteiger partial charge in [-0.1, -0.05) is 0 Å². The SMILES string of the molecule is NC1C2CCC(C2)C1S. The molecule has 2 rings (SSSR count). The van der Waals surface area contributed by atoms with Crippen LogP contribution in [0.5, 0.6) is 0 Å². The molecule has 0 aromatic rings. The van der Waals surface area contributed by atoms with E-state index < -0.39 is 0 Å². The monoisotopic (exact) mass is 143 g/mol. The molecule has 0 aromatic heterocycles. The smallest absolute Gasteiger partial charge is 0.0199 e. The van der Waals surface area contributed by atoms with Gasteiger partial charge >= 0.3 is 0 Å². The Bertz CT molecular complexity index is 108. The third-order valence-corrected chi connectivity index (χ3v) is 3.70. The molecule has 2 saturated carbocycles. The summed E-state index contributed by atoms with van der Waals surface area (Å²) in [4.78, 5) is 0. The lowest BCUT2D eigenvalue weighted by atomic mass is 9.96. The van der Waals surface area contributed by atoms with Crippen molar-refractivity contribution in [3.8, 4) is 0 Å². The van der Waals surface area contributed by atoms with E-state index in [1.54, 1.807) is 0 Å². The minimum Gasteiger partial charge on any atom is -0.326 e. The van der Waals surface area contributed by atoms with Gasteiger partial charge in [-0.2, -0.15) is 12.6 Å². The summed E-state index contributed by atoms with van der Waals surface area (Å²) in [5.74, 6) is 1.67. The summed E-state index contributed by atoms with van der Waals surface area (Å²) in [6.07, 6.45) is 4.10. The normalized spacial score (nSPS) is 56.7. The van der Waals surface area contributed by atoms with Crippen LogP contribution < -0.4 is 5.73 Å². The molecule has 0 aromatic carbocycles. The first-order valence-corrected chi connectivity index (χ1v) is 4.24. The fourth-order valence-electron chi connectivity index (χ4n) is 2.31. The van der Waals surface area contributed by atoms with Crippen LogP contribution in [0.3, 0.4) is 0 Å². The van der Waals surface area contributed by atoms with Crippen molar-refractivity contribution in [2.24, 2.45) is 17.6 Å². The van der Waals surface area contributed by atoms with E-state index in [-0.39, 0.29) is 0 Å². The molecule has 2 heteroatoms. The predicted octanol–water partition coefficient (Wildman–Crippen LogP) is 1.04. The van der Waals surface area contributed by atoms with Crippen LogP contribution in [0.4, 0.5) is 0 Å². The van der Waals surface area contributed by atoms with E-state index in [0.717, 1.165) is 11.8 Å². The van der Waals surface area contributed by atoms with Gasteiger partial charge in [-0.3, -0.25) is 0 Å². The average Bonchev–Trinajstić information content (AvgIpc) is 2.37. The van der Waals surface area contributed by atoms with Crippen molar-refractivity contribution in [2.45, 2.75) is 30.6 Å². The minimum absolute atomic E-state index is 0.409. The molecule has 4 atom stereocenters. The molecular weight excluding hydrogens is 130 g/mol. The van der Waals surface area contributed by atoms with E-state index >= 15 is 0 Å². The molecule has 1 nitrogen and oxygen atoms in total. The first kappa shape index (κ1) is 6.05. The molecule has 2 N–H and O–H groups in total. The largest absolute Gasteiger partial charge is 0.326 e. The van der Waals surface area contributed by atoms with Crippen molar-refractivity contribution in [3.63, 3.8) is 0 Å². The molecular formula is C7H13NS. The molecule has 0 amide bonds. The van der Waals surface area contributed by atoms with Crippen molar-refractivity contribution in [3.05, 3.63) is 0 Å². The lowest BCUT2D eigenvalue weighted by Gasteiger charge is -2.23. The molecule has 0 saturated heterocycles. The fourth-order valence-corrected chi connectivity index (χ4v) is 2.82. The van der Waals surface area contributed by atoms with Crippen LogP contribution in [0.25, 0.3) is 0 Å². The summed E-state index contributed by atoms with van der Waals surface area (Å²) in [7, 11) is 0. The van der Waals surface area contributed by atoms with E-state index in [2.05, 4.69) is 12.6 Å². The van der Waals surface area contributed by atoms with E-state index in [1.165, 1.54) is 19.3 Å². The van der Waals surface area contributed by atoms with E-state index in [0.29, 0.717) is 11.3 Å². The Labute approximate surface area is 61.4 Å². The van der Waals surface area contributed by atoms with Gasteiger partial charge in [-0.25, -0.2) is 0 Å². The highest BCUT2D eigenvalue weighted by atomic mass is 32.1. The Morgan fingerprint density at radius 2 is 1.89 bits per heavy atom. The Hall–Kier alpha value is 0.310. The number of hydrogen-bond acceptors (Lipinski definition) is 2. The van der Waals surface area contributed by atoms with Crippen molar-refractivity contribution < 1.29 is 0 Å². The lowest BCUT2D eigenvalue weighted by molar-refractivity contribution is 0.430. The second-order valence-electron chi connectivity index (χ2n) is 3.40. The standard InChI is InChI=1S/C7H13NS/c8-6-4-1-2-5(3-4)7(6)9/h4-7,9H,1-3,8H2. The number of fused-ring (bicyclic) bond motifs is 2. The summed E-state index contributed by atoms with van der Waals surface area (Å²) >= 11 is 4.47. The summed E-state index contributed by atoms with van der Waals surface area (Å²) in [6.45, 7) is 0. The molecule has 2 fully saturated rings. The molecule has 0 spiro atoms. The van der Waals surface area contributed by atoms with E-state index in [9.17, 15) is 0 Å². The summed E-state index contributed by atoms with van der Waals surface area (Å²) in [5.41, 5.74) is 5.89. The molecule has 2 aliphatic carbocycles. The molecule has 4 unspecified atom stereocenters. The average molecular weight is 143 g/mol. The number of nitrogens with two attached hydrogens (primary N) is 1. The zero-order valence-corrected chi connectivity index (χ0v) is 6.35. The van der Waals surface area contributed by atoms with Gasteiger partial charge < -0.3 is 5.73 Å². The predicted molar refractivity (Wildman–Crippen MR) is 41.6 cm³/mol. The summed E-state index contributed by atoms with van der Waals surface area (Å²) in [5, 5.41) is 0.517. The van der Waals surface area contributed by atoms with Gasteiger partial charge in [0.25, 0.3) is 0 Å². The molecule has 2 aliphatic rings. The molecule has 9 heavy (non-hydrogen) atoms. The second kappa shape index (κ2) is 1.89. The van der Waals surface area contributed by atoms with Gasteiger partial charge in [0.05, 0.1) is 0 Å². The fraction of sp³-hybridized carbons (Fsp3) is 1.00. The van der Waals surface area contributed by atoms with Gasteiger partial charge in [0.2, 0.25) is 0 Å².